The Bertz CT molecular complexity index is 114. The van der Waals surface area contributed by atoms with Crippen molar-refractivity contribution in [3.63, 3.8) is 0 Å². The second kappa shape index (κ2) is 3.47. The van der Waals surface area contributed by atoms with Crippen molar-refractivity contribution in [3.05, 3.63) is 0 Å². The van der Waals surface area contributed by atoms with Crippen molar-refractivity contribution in [1.82, 2.24) is 0 Å². The van der Waals surface area contributed by atoms with Crippen LogP contribution >= 0.6 is 0 Å². The smallest absolute Gasteiger partial charge is 0.264 e. The van der Waals surface area contributed by atoms with E-state index in [4.69, 9.17) is 4.55 Å². The second-order valence-electron chi connectivity index (χ2n) is 0.594. The van der Waals surface area contributed by atoms with Crippen LogP contribution in [-0.4, -0.2) is 38.9 Å². The summed E-state index contributed by atoms with van der Waals surface area (Å²) in [6.45, 7) is 0. The van der Waals surface area contributed by atoms with Crippen molar-refractivity contribution in [2.24, 2.45) is 0 Å². The third kappa shape index (κ3) is 10.7. The van der Waals surface area contributed by atoms with E-state index < -0.39 is 10.4 Å². The van der Waals surface area contributed by atoms with Crippen LogP contribution in [-0.2, 0) is 14.6 Å². The molecule has 0 spiro atoms. The van der Waals surface area contributed by atoms with Gasteiger partial charge in [0.1, 0.15) is 0 Å². The predicted molar refractivity (Wildman–Crippen MR) is 24.3 cm³/mol. The van der Waals surface area contributed by atoms with Gasteiger partial charge in [0.15, 0.2) is 0 Å². The van der Waals surface area contributed by atoms with Gasteiger partial charge in [-0.25, -0.2) is 0 Å². The largest absolute Gasteiger partial charge is 0.397 e. The predicted octanol–water partition coefficient (Wildman–Crippen LogP) is -0.945. The quantitative estimate of drug-likeness (QED) is 0.357. The molecule has 6 heteroatoms. The summed E-state index contributed by atoms with van der Waals surface area (Å²) in [4.78, 5) is 0. The summed E-state index contributed by atoms with van der Waals surface area (Å²) in [6.07, 6.45) is 0. The Morgan fingerprint density at radius 3 is 1.71 bits per heavy atom. The van der Waals surface area contributed by atoms with E-state index in [1.807, 2.05) is 0 Å². The summed E-state index contributed by atoms with van der Waals surface area (Å²) in [5, 5.41) is 0. The van der Waals surface area contributed by atoms with Crippen LogP contribution in [0.2, 0.25) is 0 Å². The average molecular weight is 119 g/mol. The maximum atomic E-state index is 9.33. The third-order valence-electron chi connectivity index (χ3n) is 0.211. The standard InChI is InChI=1S/CH4O4S.Li/c1-5-6(2,3)4;/h1H3,(H,2,3,4);. The Balaban J connectivity index is 0. The minimum absolute atomic E-state index is 0. The Hall–Kier alpha value is 0.467. The molecule has 7 heavy (non-hydrogen) atoms. The van der Waals surface area contributed by atoms with E-state index in [1.54, 1.807) is 0 Å². The van der Waals surface area contributed by atoms with Crippen molar-refractivity contribution in [3.8, 4) is 0 Å². The number of rotatable bonds is 1. The normalized spacial score (nSPS) is 10.0. The van der Waals surface area contributed by atoms with Gasteiger partial charge in [-0.15, -0.1) is 0 Å². The topological polar surface area (TPSA) is 63.6 Å². The van der Waals surface area contributed by atoms with Crippen molar-refractivity contribution in [1.29, 1.82) is 0 Å². The molecule has 0 aliphatic rings. The summed E-state index contributed by atoms with van der Waals surface area (Å²) in [7, 11) is -3.29. The van der Waals surface area contributed by atoms with Gasteiger partial charge in [-0.05, 0) is 0 Å². The molecule has 4 nitrogen and oxygen atoms in total. The molecular formula is CH4LiO4S. The number of hydrogen-bond donors (Lipinski definition) is 1. The first-order valence-corrected chi connectivity index (χ1v) is 2.46. The molecule has 0 rings (SSSR count). The Kier molecular flexibility index (Phi) is 5.18. The van der Waals surface area contributed by atoms with E-state index in [0.717, 1.165) is 7.11 Å². The molecule has 0 atom stereocenters. The van der Waals surface area contributed by atoms with Crippen LogP contribution in [0.15, 0.2) is 0 Å². The van der Waals surface area contributed by atoms with E-state index in [2.05, 4.69) is 4.18 Å². The van der Waals surface area contributed by atoms with Crippen LogP contribution in [0.3, 0.4) is 0 Å². The Labute approximate surface area is 54.0 Å². The Morgan fingerprint density at radius 1 is 1.57 bits per heavy atom. The molecule has 0 saturated heterocycles. The van der Waals surface area contributed by atoms with Gasteiger partial charge in [0, 0.05) is 18.9 Å². The summed E-state index contributed by atoms with van der Waals surface area (Å²) in [6, 6.07) is 0. The molecule has 0 aliphatic heterocycles. The van der Waals surface area contributed by atoms with Gasteiger partial charge in [-0.1, -0.05) is 0 Å². The molecule has 0 unspecified atom stereocenters. The molecule has 0 amide bonds. The van der Waals surface area contributed by atoms with Crippen LogP contribution in [0.5, 0.6) is 0 Å². The molecule has 39 valence electrons. The van der Waals surface area contributed by atoms with Gasteiger partial charge in [0.25, 0.3) is 0 Å². The van der Waals surface area contributed by atoms with Gasteiger partial charge in [-0.2, -0.15) is 8.42 Å². The van der Waals surface area contributed by atoms with E-state index in [1.165, 1.54) is 0 Å². The van der Waals surface area contributed by atoms with E-state index in [-0.39, 0.29) is 18.9 Å². The van der Waals surface area contributed by atoms with Crippen molar-refractivity contribution in [2.75, 3.05) is 7.11 Å². The molecule has 0 bridgehead atoms. The fraction of sp³-hybridized carbons (Fsp3) is 1.00. The number of hydrogen-bond acceptors (Lipinski definition) is 3. The first-order valence-electron chi connectivity index (χ1n) is 1.09. The molecular weight excluding hydrogens is 115 g/mol. The van der Waals surface area contributed by atoms with Crippen molar-refractivity contribution >= 4 is 29.3 Å². The van der Waals surface area contributed by atoms with Crippen molar-refractivity contribution < 1.29 is 17.2 Å². The fourth-order valence-electron chi connectivity index (χ4n) is 0. The van der Waals surface area contributed by atoms with E-state index >= 15 is 0 Å². The molecule has 0 aromatic rings. The second-order valence-corrected chi connectivity index (χ2v) is 1.78. The van der Waals surface area contributed by atoms with E-state index in [9.17, 15) is 8.42 Å². The van der Waals surface area contributed by atoms with Gasteiger partial charge in [0.2, 0.25) is 0 Å². The average Bonchev–Trinajstić information content (AvgIpc) is 1.35. The zero-order chi connectivity index (χ0) is 5.21. The maximum Gasteiger partial charge on any atom is 0.397 e. The SMILES string of the molecule is COS(=O)(=O)O.[Li]. The molecule has 0 aromatic heterocycles. The minimum Gasteiger partial charge on any atom is -0.264 e. The summed E-state index contributed by atoms with van der Waals surface area (Å²) < 4.78 is 29.7. The first kappa shape index (κ1) is 10.4. The van der Waals surface area contributed by atoms with Crippen LogP contribution in [0.1, 0.15) is 0 Å². The summed E-state index contributed by atoms with van der Waals surface area (Å²) in [5.74, 6) is 0. The minimum atomic E-state index is -4.16. The van der Waals surface area contributed by atoms with Crippen LogP contribution < -0.4 is 0 Å². The summed E-state index contributed by atoms with van der Waals surface area (Å²) >= 11 is 0. The fourth-order valence-corrected chi connectivity index (χ4v) is 0. The molecule has 0 aliphatic carbocycles. The van der Waals surface area contributed by atoms with Gasteiger partial charge < -0.3 is 0 Å². The molecule has 0 fully saturated rings. The maximum absolute atomic E-state index is 9.33. The summed E-state index contributed by atoms with van der Waals surface area (Å²) in [5.41, 5.74) is 0. The first-order chi connectivity index (χ1) is 2.56. The van der Waals surface area contributed by atoms with Crippen LogP contribution in [0.25, 0.3) is 0 Å². The Morgan fingerprint density at radius 2 is 1.71 bits per heavy atom. The molecule has 0 heterocycles. The van der Waals surface area contributed by atoms with Gasteiger partial charge in [0.05, 0.1) is 7.11 Å². The monoisotopic (exact) mass is 119 g/mol. The zero-order valence-corrected chi connectivity index (χ0v) is 4.90. The van der Waals surface area contributed by atoms with Crippen LogP contribution in [0, 0.1) is 0 Å². The van der Waals surface area contributed by atoms with Gasteiger partial charge >= 0.3 is 10.4 Å². The molecule has 0 aromatic carbocycles. The molecule has 1 N–H and O–H groups in total. The third-order valence-corrected chi connectivity index (χ3v) is 0.632. The van der Waals surface area contributed by atoms with Gasteiger partial charge in [-0.3, -0.25) is 8.74 Å². The van der Waals surface area contributed by atoms with E-state index in [0.29, 0.717) is 0 Å². The molecule has 0 saturated carbocycles. The van der Waals surface area contributed by atoms with Crippen molar-refractivity contribution in [2.45, 2.75) is 0 Å². The molecule has 1 radical (unpaired) electrons. The zero-order valence-electron chi connectivity index (χ0n) is 4.08. The van der Waals surface area contributed by atoms with Crippen LogP contribution in [0.4, 0.5) is 0 Å².